The van der Waals surface area contributed by atoms with E-state index in [4.69, 9.17) is 14.6 Å². The minimum Gasteiger partial charge on any atom is -0.497 e. The van der Waals surface area contributed by atoms with Gasteiger partial charge in [0.1, 0.15) is 18.1 Å². The molecule has 0 aliphatic heterocycles. The Kier molecular flexibility index (Phi) is 6.81. The Morgan fingerprint density at radius 2 is 1.60 bits per heavy atom. The van der Waals surface area contributed by atoms with Crippen LogP contribution in [0.15, 0.2) is 53.4 Å². The Hall–Kier alpha value is -2.09. The van der Waals surface area contributed by atoms with Gasteiger partial charge in [-0.1, -0.05) is 19.1 Å². The molecule has 0 aliphatic carbocycles. The summed E-state index contributed by atoms with van der Waals surface area (Å²) in [6.45, 7) is 5.11. The molecule has 0 bridgehead atoms. The lowest BCUT2D eigenvalue weighted by atomic mass is 10.2. The molecule has 0 amide bonds. The van der Waals surface area contributed by atoms with Crippen LogP contribution in [0.4, 0.5) is 0 Å². The van der Waals surface area contributed by atoms with Crippen molar-refractivity contribution in [2.45, 2.75) is 18.4 Å². The molecule has 2 rings (SSSR count). The first kappa shape index (κ1) is 19.2. The van der Waals surface area contributed by atoms with E-state index in [1.807, 2.05) is 24.3 Å². The lowest BCUT2D eigenvalue weighted by Crippen LogP contribution is -2.27. The Labute approximate surface area is 149 Å². The molecule has 7 heteroatoms. The molecule has 0 spiro atoms. The minimum atomic E-state index is -3.67. The summed E-state index contributed by atoms with van der Waals surface area (Å²) in [5.41, 5.74) is 1.21. The minimum absolute atomic E-state index is 0.0783. The number of sulfonamides is 1. The van der Waals surface area contributed by atoms with Crippen LogP contribution in [0.3, 0.4) is 0 Å². The van der Waals surface area contributed by atoms with Crippen LogP contribution in [0, 0.1) is 0 Å². The van der Waals surface area contributed by atoms with Gasteiger partial charge < -0.3 is 9.47 Å². The molecule has 25 heavy (non-hydrogen) atoms. The number of ether oxygens (including phenoxy) is 2. The highest BCUT2D eigenvalue weighted by molar-refractivity contribution is 7.89. The number of nitrogens with zero attached hydrogens (tertiary/aromatic N) is 1. The van der Waals surface area contributed by atoms with E-state index >= 15 is 0 Å². The van der Waals surface area contributed by atoms with Gasteiger partial charge in [0.2, 0.25) is 10.0 Å². The van der Waals surface area contributed by atoms with E-state index in [9.17, 15) is 8.42 Å². The highest BCUT2D eigenvalue weighted by atomic mass is 32.2. The van der Waals surface area contributed by atoms with Crippen LogP contribution in [0.25, 0.3) is 0 Å². The number of nitrogens with two attached hydrogens (primary N) is 1. The summed E-state index contributed by atoms with van der Waals surface area (Å²) in [6.07, 6.45) is 0. The average Bonchev–Trinajstić information content (AvgIpc) is 2.61. The fourth-order valence-corrected chi connectivity index (χ4v) is 2.87. The van der Waals surface area contributed by atoms with E-state index in [-0.39, 0.29) is 4.90 Å². The van der Waals surface area contributed by atoms with Crippen molar-refractivity contribution in [1.82, 2.24) is 4.90 Å². The van der Waals surface area contributed by atoms with Crippen molar-refractivity contribution in [3.63, 3.8) is 0 Å². The van der Waals surface area contributed by atoms with Crippen molar-refractivity contribution in [2.75, 3.05) is 26.8 Å². The van der Waals surface area contributed by atoms with E-state index in [1.54, 1.807) is 19.2 Å². The largest absolute Gasteiger partial charge is 0.497 e. The third-order valence-electron chi connectivity index (χ3n) is 3.84. The van der Waals surface area contributed by atoms with E-state index in [0.29, 0.717) is 12.4 Å². The molecule has 0 atom stereocenters. The second-order valence-electron chi connectivity index (χ2n) is 5.58. The summed E-state index contributed by atoms with van der Waals surface area (Å²) in [4.78, 5) is 2.34. The van der Waals surface area contributed by atoms with Crippen molar-refractivity contribution in [1.29, 1.82) is 0 Å². The molecule has 2 N–H and O–H groups in total. The first-order chi connectivity index (χ1) is 11.9. The van der Waals surface area contributed by atoms with E-state index in [0.717, 1.165) is 25.4 Å². The molecular formula is C18H24N2O4S. The second-order valence-corrected chi connectivity index (χ2v) is 7.14. The second kappa shape index (κ2) is 8.84. The highest BCUT2D eigenvalue weighted by Gasteiger charge is 2.08. The molecule has 0 heterocycles. The zero-order valence-electron chi connectivity index (χ0n) is 14.5. The Morgan fingerprint density at radius 1 is 1.00 bits per heavy atom. The summed E-state index contributed by atoms with van der Waals surface area (Å²) in [5.74, 6) is 1.46. The van der Waals surface area contributed by atoms with Crippen LogP contribution in [0.2, 0.25) is 0 Å². The summed E-state index contributed by atoms with van der Waals surface area (Å²) in [5, 5.41) is 5.07. The van der Waals surface area contributed by atoms with Gasteiger partial charge in [0.15, 0.2) is 0 Å². The van der Waals surface area contributed by atoms with Gasteiger partial charge in [0, 0.05) is 13.1 Å². The highest BCUT2D eigenvalue weighted by Crippen LogP contribution is 2.15. The lowest BCUT2D eigenvalue weighted by Gasteiger charge is -2.20. The van der Waals surface area contributed by atoms with Gasteiger partial charge in [-0.2, -0.15) is 0 Å². The SMILES string of the molecule is CCN(CCOc1ccc(S(N)(=O)=O)cc1)Cc1ccc(OC)cc1. The maximum atomic E-state index is 11.2. The quantitative estimate of drug-likeness (QED) is 0.738. The molecule has 0 radical (unpaired) electrons. The molecule has 2 aromatic carbocycles. The molecule has 0 saturated carbocycles. The first-order valence-corrected chi connectivity index (χ1v) is 9.58. The predicted octanol–water partition coefficient (Wildman–Crippen LogP) is 2.24. The number of likely N-dealkylation sites (N-methyl/N-ethyl adjacent to an activating group) is 1. The normalized spacial score (nSPS) is 11.5. The molecule has 6 nitrogen and oxygen atoms in total. The van der Waals surface area contributed by atoms with Crippen LogP contribution in [0.5, 0.6) is 11.5 Å². The lowest BCUT2D eigenvalue weighted by molar-refractivity contribution is 0.210. The van der Waals surface area contributed by atoms with Crippen molar-refractivity contribution in [2.24, 2.45) is 5.14 Å². The van der Waals surface area contributed by atoms with E-state index in [2.05, 4.69) is 11.8 Å². The number of benzene rings is 2. The van der Waals surface area contributed by atoms with E-state index < -0.39 is 10.0 Å². The van der Waals surface area contributed by atoms with Crippen LogP contribution in [-0.2, 0) is 16.6 Å². The zero-order valence-corrected chi connectivity index (χ0v) is 15.3. The van der Waals surface area contributed by atoms with Gasteiger partial charge in [-0.25, -0.2) is 13.6 Å². The molecule has 0 unspecified atom stereocenters. The molecular weight excluding hydrogens is 340 g/mol. The summed E-state index contributed by atoms with van der Waals surface area (Å²) < 4.78 is 33.3. The number of methoxy groups -OCH3 is 1. The van der Waals surface area contributed by atoms with Crippen LogP contribution >= 0.6 is 0 Å². The van der Waals surface area contributed by atoms with Gasteiger partial charge in [0.25, 0.3) is 0 Å². The third-order valence-corrected chi connectivity index (χ3v) is 4.77. The van der Waals surface area contributed by atoms with Crippen molar-refractivity contribution < 1.29 is 17.9 Å². The predicted molar refractivity (Wildman–Crippen MR) is 97.3 cm³/mol. The number of primary sulfonamides is 1. The van der Waals surface area contributed by atoms with Gasteiger partial charge in [-0.05, 0) is 48.5 Å². The summed E-state index contributed by atoms with van der Waals surface area (Å²) >= 11 is 0. The molecule has 0 fully saturated rings. The number of hydrogen-bond acceptors (Lipinski definition) is 5. The van der Waals surface area contributed by atoms with Crippen LogP contribution in [-0.4, -0.2) is 40.1 Å². The fraction of sp³-hybridized carbons (Fsp3) is 0.333. The fourth-order valence-electron chi connectivity index (χ4n) is 2.36. The maximum Gasteiger partial charge on any atom is 0.238 e. The molecule has 136 valence electrons. The van der Waals surface area contributed by atoms with Crippen LogP contribution < -0.4 is 14.6 Å². The third kappa shape index (κ3) is 6.04. The van der Waals surface area contributed by atoms with Gasteiger partial charge in [-0.3, -0.25) is 4.90 Å². The maximum absolute atomic E-state index is 11.2. The summed E-state index contributed by atoms with van der Waals surface area (Å²) in [6, 6.07) is 14.1. The smallest absolute Gasteiger partial charge is 0.238 e. The number of rotatable bonds is 9. The molecule has 0 aliphatic rings. The number of hydrogen-bond donors (Lipinski definition) is 1. The standard InChI is InChI=1S/C18H24N2O4S/c1-3-20(14-15-4-6-16(23-2)7-5-15)12-13-24-17-8-10-18(11-9-17)25(19,21)22/h4-11H,3,12-14H2,1-2H3,(H2,19,21,22). The van der Waals surface area contributed by atoms with Crippen molar-refractivity contribution >= 4 is 10.0 Å². The molecule has 2 aromatic rings. The van der Waals surface area contributed by atoms with E-state index in [1.165, 1.54) is 17.7 Å². The topological polar surface area (TPSA) is 81.9 Å². The monoisotopic (exact) mass is 364 g/mol. The molecule has 0 saturated heterocycles. The zero-order chi connectivity index (χ0) is 18.3. The summed E-state index contributed by atoms with van der Waals surface area (Å²) in [7, 11) is -2.02. The van der Waals surface area contributed by atoms with Gasteiger partial charge in [-0.15, -0.1) is 0 Å². The van der Waals surface area contributed by atoms with Crippen LogP contribution in [0.1, 0.15) is 12.5 Å². The Balaban J connectivity index is 1.84. The average molecular weight is 364 g/mol. The van der Waals surface area contributed by atoms with Crippen molar-refractivity contribution in [3.05, 3.63) is 54.1 Å². The van der Waals surface area contributed by atoms with Crippen molar-refractivity contribution in [3.8, 4) is 11.5 Å². The Morgan fingerprint density at radius 3 is 2.12 bits per heavy atom. The molecule has 0 aromatic heterocycles. The Bertz CT molecular complexity index is 759. The van der Waals surface area contributed by atoms with Gasteiger partial charge >= 0.3 is 0 Å². The van der Waals surface area contributed by atoms with Gasteiger partial charge in [0.05, 0.1) is 12.0 Å². The first-order valence-electron chi connectivity index (χ1n) is 8.03.